The zero-order valence-corrected chi connectivity index (χ0v) is 20.6. The molecule has 0 bridgehead atoms. The van der Waals surface area contributed by atoms with Crippen molar-refractivity contribution in [1.29, 1.82) is 0 Å². The summed E-state index contributed by atoms with van der Waals surface area (Å²) in [6.07, 6.45) is 3.73. The van der Waals surface area contributed by atoms with Crippen LogP contribution in [0.3, 0.4) is 0 Å². The molecule has 0 amide bonds. The van der Waals surface area contributed by atoms with Gasteiger partial charge in [0.1, 0.15) is 0 Å². The molecule has 8 nitrogen and oxygen atoms in total. The number of alkyl halides is 3. The molecule has 2 fully saturated rings. The number of likely N-dealkylation sites (tertiary alicyclic amines) is 1. The molecule has 1 aromatic carbocycles. The maximum absolute atomic E-state index is 14.2. The van der Waals surface area contributed by atoms with Crippen molar-refractivity contribution in [2.75, 3.05) is 42.7 Å². The highest BCUT2D eigenvalue weighted by Crippen LogP contribution is 2.29. The molecule has 0 unspecified atom stereocenters. The molecular formula is C24H33F4N7O. The Labute approximate surface area is 208 Å². The van der Waals surface area contributed by atoms with Crippen molar-refractivity contribution in [2.45, 2.75) is 69.8 Å². The first-order chi connectivity index (χ1) is 17.2. The Hall–Kier alpha value is -2.89. The van der Waals surface area contributed by atoms with E-state index in [0.717, 1.165) is 63.7 Å². The number of nitrogens with zero attached hydrogens (tertiary/aromatic N) is 5. The minimum atomic E-state index is -4.98. The summed E-state index contributed by atoms with van der Waals surface area (Å²) in [7, 11) is 4.05. The second kappa shape index (κ2) is 11.4. The molecule has 0 spiro atoms. The Morgan fingerprint density at radius 2 is 1.64 bits per heavy atom. The van der Waals surface area contributed by atoms with Gasteiger partial charge in [0, 0.05) is 30.9 Å². The lowest BCUT2D eigenvalue weighted by atomic mass is 10.0. The standard InChI is InChI=1S/C24H33F4N7O/c1-34-13-11-18(12-14-34)35(2)23-32-21(29-16-7-5-3-4-6-8-16)31-22(33-23)30-17-9-10-20(19(25)15-17)36-24(26,27)28/h9-10,15-16,18H,3-8,11-14H2,1-2H3,(H2,29,30,31,32,33). The zero-order chi connectivity index (χ0) is 25.7. The van der Waals surface area contributed by atoms with Crippen molar-refractivity contribution < 1.29 is 22.3 Å². The van der Waals surface area contributed by atoms with Crippen molar-refractivity contribution in [2.24, 2.45) is 0 Å². The van der Waals surface area contributed by atoms with Crippen LogP contribution < -0.4 is 20.3 Å². The number of piperidine rings is 1. The highest BCUT2D eigenvalue weighted by molar-refractivity contribution is 5.57. The lowest BCUT2D eigenvalue weighted by Gasteiger charge is -2.35. The Bertz CT molecular complexity index is 1010. The predicted octanol–water partition coefficient (Wildman–Crippen LogP) is 5.32. The first-order valence-electron chi connectivity index (χ1n) is 12.4. The summed E-state index contributed by atoms with van der Waals surface area (Å²) in [6.45, 7) is 1.95. The van der Waals surface area contributed by atoms with Crippen LogP contribution in [0.25, 0.3) is 0 Å². The van der Waals surface area contributed by atoms with E-state index < -0.39 is 17.9 Å². The van der Waals surface area contributed by atoms with Crippen LogP contribution in [0.15, 0.2) is 18.2 Å². The molecule has 1 saturated heterocycles. The van der Waals surface area contributed by atoms with Crippen molar-refractivity contribution in [1.82, 2.24) is 19.9 Å². The molecule has 1 saturated carbocycles. The van der Waals surface area contributed by atoms with E-state index in [1.165, 1.54) is 18.9 Å². The Balaban J connectivity index is 1.57. The Kier molecular flexibility index (Phi) is 8.32. The third-order valence-corrected chi connectivity index (χ3v) is 6.78. The molecule has 1 aromatic heterocycles. The van der Waals surface area contributed by atoms with Gasteiger partial charge < -0.3 is 25.2 Å². The smallest absolute Gasteiger partial charge is 0.403 e. The van der Waals surface area contributed by atoms with Gasteiger partial charge >= 0.3 is 6.36 Å². The van der Waals surface area contributed by atoms with Gasteiger partial charge in [-0.15, -0.1) is 13.2 Å². The Morgan fingerprint density at radius 1 is 0.972 bits per heavy atom. The van der Waals surface area contributed by atoms with Crippen LogP contribution in [-0.4, -0.2) is 65.5 Å². The summed E-state index contributed by atoms with van der Waals surface area (Å²) in [6, 6.07) is 3.64. The summed E-state index contributed by atoms with van der Waals surface area (Å²) in [5.41, 5.74) is 0.196. The van der Waals surface area contributed by atoms with Gasteiger partial charge in [0.2, 0.25) is 17.8 Å². The van der Waals surface area contributed by atoms with Crippen molar-refractivity contribution in [3.05, 3.63) is 24.0 Å². The third kappa shape index (κ3) is 7.31. The molecule has 0 atom stereocenters. The van der Waals surface area contributed by atoms with Gasteiger partial charge in [0.15, 0.2) is 11.6 Å². The summed E-state index contributed by atoms with van der Waals surface area (Å²) in [5.74, 6) is -0.962. The lowest BCUT2D eigenvalue weighted by molar-refractivity contribution is -0.275. The number of rotatable bonds is 7. The molecule has 4 rings (SSSR count). The van der Waals surface area contributed by atoms with Gasteiger partial charge in [-0.2, -0.15) is 15.0 Å². The fourth-order valence-corrected chi connectivity index (χ4v) is 4.71. The van der Waals surface area contributed by atoms with Crippen molar-refractivity contribution in [3.8, 4) is 5.75 Å². The van der Waals surface area contributed by atoms with Crippen LogP contribution in [-0.2, 0) is 0 Å². The fraction of sp³-hybridized carbons (Fsp3) is 0.625. The van der Waals surface area contributed by atoms with E-state index in [1.54, 1.807) is 0 Å². The third-order valence-electron chi connectivity index (χ3n) is 6.78. The fourth-order valence-electron chi connectivity index (χ4n) is 4.71. The van der Waals surface area contributed by atoms with Crippen molar-refractivity contribution in [3.63, 3.8) is 0 Å². The quantitative estimate of drug-likeness (QED) is 0.382. The number of aromatic nitrogens is 3. The van der Waals surface area contributed by atoms with Gasteiger partial charge in [0.05, 0.1) is 0 Å². The molecule has 2 heterocycles. The highest BCUT2D eigenvalue weighted by Gasteiger charge is 2.32. The van der Waals surface area contributed by atoms with Crippen LogP contribution in [0.2, 0.25) is 0 Å². The number of ether oxygens (including phenoxy) is 1. The minimum Gasteiger partial charge on any atom is -0.403 e. The number of nitrogens with one attached hydrogen (secondary N) is 2. The van der Waals surface area contributed by atoms with E-state index in [0.29, 0.717) is 11.9 Å². The van der Waals surface area contributed by atoms with E-state index in [-0.39, 0.29) is 23.7 Å². The van der Waals surface area contributed by atoms with Crippen molar-refractivity contribution >= 4 is 23.5 Å². The van der Waals surface area contributed by atoms with Gasteiger partial charge in [-0.3, -0.25) is 0 Å². The summed E-state index contributed by atoms with van der Waals surface area (Å²) in [5, 5.41) is 6.36. The number of hydrogen-bond donors (Lipinski definition) is 2. The predicted molar refractivity (Wildman–Crippen MR) is 130 cm³/mol. The SMILES string of the molecule is CN1CCC(N(C)c2nc(Nc3ccc(OC(F)(F)F)c(F)c3)nc(NC3CCCCCC3)n2)CC1. The normalized spacial score (nSPS) is 18.5. The molecular weight excluding hydrogens is 478 g/mol. The zero-order valence-electron chi connectivity index (χ0n) is 20.6. The van der Waals surface area contributed by atoms with Crippen LogP contribution in [0.5, 0.6) is 5.75 Å². The van der Waals surface area contributed by atoms with Crippen LogP contribution in [0.1, 0.15) is 51.4 Å². The average Bonchev–Trinajstić information content (AvgIpc) is 3.09. The van der Waals surface area contributed by atoms with Gasteiger partial charge in [0.25, 0.3) is 0 Å². The topological polar surface area (TPSA) is 78.4 Å². The second-order valence-electron chi connectivity index (χ2n) is 9.58. The summed E-state index contributed by atoms with van der Waals surface area (Å²) >= 11 is 0. The molecule has 198 valence electrons. The number of anilines is 4. The molecule has 1 aliphatic carbocycles. The Morgan fingerprint density at radius 3 is 2.28 bits per heavy atom. The van der Waals surface area contributed by atoms with E-state index in [9.17, 15) is 17.6 Å². The van der Waals surface area contributed by atoms with Gasteiger partial charge in [-0.25, -0.2) is 4.39 Å². The van der Waals surface area contributed by atoms with Crippen LogP contribution in [0, 0.1) is 5.82 Å². The monoisotopic (exact) mass is 511 g/mol. The molecule has 2 aromatic rings. The van der Waals surface area contributed by atoms with E-state index >= 15 is 0 Å². The van der Waals surface area contributed by atoms with E-state index in [1.807, 2.05) is 11.9 Å². The number of benzene rings is 1. The summed E-state index contributed by atoms with van der Waals surface area (Å²) < 4.78 is 55.4. The number of halogens is 4. The molecule has 2 N–H and O–H groups in total. The highest BCUT2D eigenvalue weighted by atomic mass is 19.4. The van der Waals surface area contributed by atoms with E-state index in [2.05, 4.69) is 42.3 Å². The lowest BCUT2D eigenvalue weighted by Crippen LogP contribution is -2.42. The van der Waals surface area contributed by atoms with Gasteiger partial charge in [-0.05, 0) is 58.0 Å². The second-order valence-corrected chi connectivity index (χ2v) is 9.58. The van der Waals surface area contributed by atoms with Gasteiger partial charge in [-0.1, -0.05) is 25.7 Å². The molecule has 0 radical (unpaired) electrons. The minimum absolute atomic E-state index is 0.180. The molecule has 2 aliphatic rings. The van der Waals surface area contributed by atoms with Crippen LogP contribution >= 0.6 is 0 Å². The average molecular weight is 512 g/mol. The maximum Gasteiger partial charge on any atom is 0.573 e. The first kappa shape index (κ1) is 26.2. The molecule has 36 heavy (non-hydrogen) atoms. The van der Waals surface area contributed by atoms with E-state index in [4.69, 9.17) is 0 Å². The largest absolute Gasteiger partial charge is 0.573 e. The molecule has 12 heteroatoms. The molecule has 1 aliphatic heterocycles. The first-order valence-corrected chi connectivity index (χ1v) is 12.4. The number of hydrogen-bond acceptors (Lipinski definition) is 8. The van der Waals surface area contributed by atoms with Crippen LogP contribution in [0.4, 0.5) is 41.1 Å². The summed E-state index contributed by atoms with van der Waals surface area (Å²) in [4.78, 5) is 18.1. The maximum atomic E-state index is 14.2.